The Morgan fingerprint density at radius 1 is 1.10 bits per heavy atom. The standard InChI is InChI=1S/C33H40F3NO5/c1-17-21-8-7-13-41-29(21)25(34)14-23(17)27-19(3)24-16-37(20-9-11-33(35,36)12-10-20)26(38)15-22(24)18(2)28(27)30(31(39)40)42-32(4,5)6/h14,20,30H,7-13,15-16H2,1-6H3,(H,39,40)/t30-/m0/s1. The molecule has 1 saturated carbocycles. The van der Waals surface area contributed by atoms with Gasteiger partial charge in [0.05, 0.1) is 18.6 Å². The number of carboxylic acids is 1. The Morgan fingerprint density at radius 3 is 2.38 bits per heavy atom. The molecule has 1 N–H and O–H groups in total. The molecular formula is C33H40F3NO5. The topological polar surface area (TPSA) is 76.1 Å². The van der Waals surface area contributed by atoms with Crippen molar-refractivity contribution >= 4 is 11.9 Å². The van der Waals surface area contributed by atoms with Gasteiger partial charge in [-0.05, 0) is 112 Å². The van der Waals surface area contributed by atoms with Crippen molar-refractivity contribution in [2.45, 2.75) is 117 Å². The second kappa shape index (κ2) is 10.9. The van der Waals surface area contributed by atoms with E-state index in [0.717, 1.165) is 34.2 Å². The number of carbonyl (C=O) groups is 2. The molecule has 1 fully saturated rings. The number of rotatable bonds is 5. The minimum absolute atomic E-state index is 0.0371. The molecule has 5 rings (SSSR count). The zero-order chi connectivity index (χ0) is 30.7. The lowest BCUT2D eigenvalue weighted by atomic mass is 9.78. The summed E-state index contributed by atoms with van der Waals surface area (Å²) in [6.07, 6.45) is 0.00279. The van der Waals surface area contributed by atoms with Gasteiger partial charge in [-0.1, -0.05) is 0 Å². The van der Waals surface area contributed by atoms with Crippen LogP contribution in [0.3, 0.4) is 0 Å². The maximum atomic E-state index is 15.6. The van der Waals surface area contributed by atoms with Crippen LogP contribution < -0.4 is 4.74 Å². The fourth-order valence-electron chi connectivity index (χ4n) is 6.97. The second-order valence-electron chi connectivity index (χ2n) is 13.0. The normalized spacial score (nSPS) is 19.6. The maximum Gasteiger partial charge on any atom is 0.337 e. The molecule has 42 heavy (non-hydrogen) atoms. The van der Waals surface area contributed by atoms with Crippen LogP contribution in [0.1, 0.15) is 97.9 Å². The number of alkyl halides is 2. The first-order chi connectivity index (χ1) is 19.6. The summed E-state index contributed by atoms with van der Waals surface area (Å²) in [5, 5.41) is 10.4. The van der Waals surface area contributed by atoms with Gasteiger partial charge in [-0.2, -0.15) is 0 Å². The number of carboxylic acid groups (broad SMARTS) is 1. The van der Waals surface area contributed by atoms with E-state index in [1.807, 2.05) is 13.8 Å². The van der Waals surface area contributed by atoms with Gasteiger partial charge in [0.25, 0.3) is 0 Å². The highest BCUT2D eigenvalue weighted by molar-refractivity contribution is 5.89. The van der Waals surface area contributed by atoms with Crippen molar-refractivity contribution in [3.05, 3.63) is 50.8 Å². The lowest BCUT2D eigenvalue weighted by molar-refractivity contribution is -0.160. The van der Waals surface area contributed by atoms with E-state index in [4.69, 9.17) is 9.47 Å². The third-order valence-corrected chi connectivity index (χ3v) is 9.09. The first kappa shape index (κ1) is 30.4. The van der Waals surface area contributed by atoms with Gasteiger partial charge in [-0.3, -0.25) is 4.79 Å². The van der Waals surface area contributed by atoms with Crippen LogP contribution in [0.25, 0.3) is 11.1 Å². The fraction of sp³-hybridized carbons (Fsp3) is 0.576. The molecule has 9 heteroatoms. The van der Waals surface area contributed by atoms with Crippen LogP contribution in [0.2, 0.25) is 0 Å². The molecule has 228 valence electrons. The second-order valence-corrected chi connectivity index (χ2v) is 13.0. The minimum atomic E-state index is -2.71. The highest BCUT2D eigenvalue weighted by atomic mass is 19.3. The Morgan fingerprint density at radius 2 is 1.76 bits per heavy atom. The van der Waals surface area contributed by atoms with Crippen molar-refractivity contribution < 1.29 is 37.3 Å². The predicted octanol–water partition coefficient (Wildman–Crippen LogP) is 7.15. The van der Waals surface area contributed by atoms with E-state index in [2.05, 4.69) is 0 Å². The number of benzene rings is 2. The molecule has 0 radical (unpaired) electrons. The molecule has 0 spiro atoms. The Hall–Kier alpha value is -3.07. The number of ether oxygens (including phenoxy) is 2. The van der Waals surface area contributed by atoms with Crippen LogP contribution in [0, 0.1) is 26.6 Å². The Labute approximate surface area is 245 Å². The zero-order valence-electron chi connectivity index (χ0n) is 25.3. The number of aliphatic carboxylic acids is 1. The molecule has 0 saturated heterocycles. The van der Waals surface area contributed by atoms with Crippen LogP contribution >= 0.6 is 0 Å². The molecule has 2 aliphatic heterocycles. The summed E-state index contributed by atoms with van der Waals surface area (Å²) in [4.78, 5) is 28.0. The minimum Gasteiger partial charge on any atom is -0.490 e. The molecule has 2 aromatic carbocycles. The molecule has 3 aliphatic rings. The average molecular weight is 588 g/mol. The Kier molecular flexibility index (Phi) is 7.88. The van der Waals surface area contributed by atoms with E-state index in [9.17, 15) is 23.5 Å². The summed E-state index contributed by atoms with van der Waals surface area (Å²) in [7, 11) is 0. The van der Waals surface area contributed by atoms with Gasteiger partial charge < -0.3 is 19.5 Å². The van der Waals surface area contributed by atoms with Crippen LogP contribution in [0.4, 0.5) is 13.2 Å². The Balaban J connectivity index is 1.73. The molecule has 2 heterocycles. The number of amides is 1. The van der Waals surface area contributed by atoms with Gasteiger partial charge in [-0.25, -0.2) is 18.0 Å². The van der Waals surface area contributed by atoms with E-state index in [-0.39, 0.29) is 56.3 Å². The number of hydrogen-bond donors (Lipinski definition) is 1. The summed E-state index contributed by atoms with van der Waals surface area (Å²) in [6, 6.07) is 1.13. The Bertz CT molecular complexity index is 1430. The summed E-state index contributed by atoms with van der Waals surface area (Å²) < 4.78 is 55.2. The summed E-state index contributed by atoms with van der Waals surface area (Å²) in [5.74, 6) is -4.31. The highest BCUT2D eigenvalue weighted by Crippen LogP contribution is 2.47. The van der Waals surface area contributed by atoms with E-state index in [0.29, 0.717) is 35.3 Å². The smallest absolute Gasteiger partial charge is 0.337 e. The number of hydrogen-bond acceptors (Lipinski definition) is 4. The molecular weight excluding hydrogens is 547 g/mol. The van der Waals surface area contributed by atoms with E-state index in [1.54, 1.807) is 32.6 Å². The average Bonchev–Trinajstić information content (AvgIpc) is 2.91. The summed E-state index contributed by atoms with van der Waals surface area (Å²) >= 11 is 0. The SMILES string of the molecule is Cc1c(-c2c(C)c3c(c(C)c2[C@H](OC(C)(C)C)C(=O)O)CC(=O)N(C2CCC(F)(F)CC2)C3)cc(F)c2c1CCCO2. The largest absolute Gasteiger partial charge is 0.490 e. The number of halogens is 3. The van der Waals surface area contributed by atoms with Gasteiger partial charge in [0.1, 0.15) is 0 Å². The third-order valence-electron chi connectivity index (χ3n) is 9.09. The van der Waals surface area contributed by atoms with Gasteiger partial charge in [0, 0.05) is 36.6 Å². The van der Waals surface area contributed by atoms with Gasteiger partial charge in [0.2, 0.25) is 11.8 Å². The van der Waals surface area contributed by atoms with Gasteiger partial charge >= 0.3 is 5.97 Å². The lowest BCUT2D eigenvalue weighted by Gasteiger charge is -2.41. The van der Waals surface area contributed by atoms with Gasteiger partial charge in [-0.15, -0.1) is 0 Å². The molecule has 1 amide bonds. The zero-order valence-corrected chi connectivity index (χ0v) is 25.3. The molecule has 1 atom stereocenters. The molecule has 2 aromatic rings. The number of nitrogens with zero attached hydrogens (tertiary/aromatic N) is 1. The van der Waals surface area contributed by atoms with Crippen LogP contribution in [-0.2, 0) is 33.7 Å². The summed E-state index contributed by atoms with van der Waals surface area (Å²) in [6.45, 7) is 11.6. The summed E-state index contributed by atoms with van der Waals surface area (Å²) in [5.41, 5.74) is 5.28. The highest BCUT2D eigenvalue weighted by Gasteiger charge is 2.41. The van der Waals surface area contributed by atoms with E-state index < -0.39 is 29.4 Å². The van der Waals surface area contributed by atoms with E-state index >= 15 is 4.39 Å². The first-order valence-electron chi connectivity index (χ1n) is 14.8. The van der Waals surface area contributed by atoms with Crippen molar-refractivity contribution in [1.82, 2.24) is 4.90 Å². The van der Waals surface area contributed by atoms with Crippen molar-refractivity contribution in [2.24, 2.45) is 0 Å². The van der Waals surface area contributed by atoms with Crippen molar-refractivity contribution in [3.8, 4) is 16.9 Å². The number of fused-ring (bicyclic) bond motifs is 2. The van der Waals surface area contributed by atoms with Gasteiger partial charge in [0.15, 0.2) is 17.7 Å². The van der Waals surface area contributed by atoms with Crippen LogP contribution in [0.15, 0.2) is 6.07 Å². The van der Waals surface area contributed by atoms with Crippen molar-refractivity contribution in [1.29, 1.82) is 0 Å². The molecule has 6 nitrogen and oxygen atoms in total. The molecule has 1 aliphatic carbocycles. The number of carbonyl (C=O) groups excluding carboxylic acids is 1. The lowest BCUT2D eigenvalue weighted by Crippen LogP contribution is -2.47. The monoisotopic (exact) mass is 587 g/mol. The van der Waals surface area contributed by atoms with Crippen LogP contribution in [-0.4, -0.2) is 46.1 Å². The maximum absolute atomic E-state index is 15.6. The fourth-order valence-corrected chi connectivity index (χ4v) is 6.97. The predicted molar refractivity (Wildman–Crippen MR) is 153 cm³/mol. The third kappa shape index (κ3) is 5.52. The quantitative estimate of drug-likeness (QED) is 0.402. The molecule has 0 unspecified atom stereocenters. The first-order valence-corrected chi connectivity index (χ1v) is 14.8. The van der Waals surface area contributed by atoms with Crippen LogP contribution in [0.5, 0.6) is 5.75 Å². The van der Waals surface area contributed by atoms with E-state index in [1.165, 1.54) is 6.07 Å². The van der Waals surface area contributed by atoms with Crippen molar-refractivity contribution in [3.63, 3.8) is 0 Å². The molecule has 0 aromatic heterocycles. The molecule has 0 bridgehead atoms. The van der Waals surface area contributed by atoms with Crippen molar-refractivity contribution in [2.75, 3.05) is 6.61 Å².